The molecule has 0 radical (unpaired) electrons. The molecular weight excluding hydrogens is 885 g/mol. The number of aromatic carboxylic acids is 1. The number of aliphatic hydroxyl groups is 2. The molecule has 0 atom stereocenters. The van der Waals surface area contributed by atoms with Crippen LogP contribution in [0.5, 0.6) is 0 Å². The van der Waals surface area contributed by atoms with Crippen molar-refractivity contribution in [1.82, 2.24) is 9.97 Å². The Kier molecular flexibility index (Phi) is 17.5. The molecule has 9 rings (SSSR count). The van der Waals surface area contributed by atoms with Gasteiger partial charge < -0.3 is 26.4 Å². The number of aliphatic hydroxyl groups excluding tert-OH is 2. The third-order valence-electron chi connectivity index (χ3n) is 10.8. The molecule has 7 aromatic rings. The Morgan fingerprint density at radius 2 is 1.46 bits per heavy atom. The van der Waals surface area contributed by atoms with E-state index in [4.69, 9.17) is 15.9 Å². The number of aryl methyl sites for hydroxylation is 2. The summed E-state index contributed by atoms with van der Waals surface area (Å²) in [7, 11) is 1.00. The fraction of sp³-hybridized carbons (Fsp3) is 0.388. The number of aromatic nitrogens is 2. The van der Waals surface area contributed by atoms with Gasteiger partial charge in [0.05, 0.1) is 26.0 Å². The summed E-state index contributed by atoms with van der Waals surface area (Å²) < 4.78 is 2.29. The Bertz CT molecular complexity index is 2590. The third-order valence-corrected chi connectivity index (χ3v) is 15.9. The first-order valence-electron chi connectivity index (χ1n) is 21.1. The molecule has 0 aliphatic heterocycles. The van der Waals surface area contributed by atoms with Crippen molar-refractivity contribution >= 4 is 101 Å². The molecule has 0 fully saturated rings. The minimum atomic E-state index is -0.746. The molecule has 4 aromatic heterocycles. The minimum Gasteiger partial charge on any atom is -0.478 e. The first-order chi connectivity index (χ1) is 30.0. The topological polar surface area (TPSA) is 159 Å². The molecule has 0 saturated carbocycles. The quantitative estimate of drug-likeness (QED) is 0.0676. The first kappa shape index (κ1) is 49.9. The number of nitrogens with zero attached hydrogens (tertiary/aromatic N) is 2. The van der Waals surface area contributed by atoms with E-state index in [9.17, 15) is 14.7 Å². The van der Waals surface area contributed by atoms with Gasteiger partial charge >= 0.3 is 5.97 Å². The zero-order chi connectivity index (χ0) is 46.1. The molecule has 0 amide bonds. The molecule has 63 heavy (non-hydrogen) atoms. The number of nitrogen functional groups attached to an aromatic ring is 1. The third kappa shape index (κ3) is 12.8. The average Bonchev–Trinajstić information content (AvgIpc) is 4.02. The largest absolute Gasteiger partial charge is 0.478 e. The van der Waals surface area contributed by atoms with Crippen LogP contribution in [-0.2, 0) is 32.2 Å². The van der Waals surface area contributed by atoms with Crippen molar-refractivity contribution in [3.8, 4) is 10.4 Å². The van der Waals surface area contributed by atoms with Crippen LogP contribution in [-0.4, -0.2) is 51.3 Å². The van der Waals surface area contributed by atoms with Crippen LogP contribution in [0.15, 0.2) is 71.6 Å². The Morgan fingerprint density at radius 1 is 0.857 bits per heavy atom. The number of thiazole rings is 2. The van der Waals surface area contributed by atoms with Crippen LogP contribution in [0.25, 0.3) is 30.9 Å². The fourth-order valence-corrected chi connectivity index (χ4v) is 12.2. The molecule has 14 heteroatoms. The van der Waals surface area contributed by atoms with E-state index >= 15 is 0 Å². The van der Waals surface area contributed by atoms with Gasteiger partial charge in [0, 0.05) is 50.2 Å². The summed E-state index contributed by atoms with van der Waals surface area (Å²) in [6.07, 6.45) is 7.43. The Hall–Kier alpha value is -4.15. The van der Waals surface area contributed by atoms with Crippen molar-refractivity contribution < 1.29 is 24.9 Å². The summed E-state index contributed by atoms with van der Waals surface area (Å²) in [6, 6.07) is 22.5. The van der Waals surface area contributed by atoms with Crippen molar-refractivity contribution in [2.75, 3.05) is 24.8 Å². The van der Waals surface area contributed by atoms with Crippen molar-refractivity contribution in [2.24, 2.45) is 10.8 Å². The van der Waals surface area contributed by atoms with Gasteiger partial charge in [0.1, 0.15) is 0 Å². The van der Waals surface area contributed by atoms with Crippen molar-refractivity contribution in [3.05, 3.63) is 109 Å². The molecule has 0 bridgehead atoms. The van der Waals surface area contributed by atoms with Gasteiger partial charge in [-0.25, -0.2) is 14.8 Å². The highest BCUT2D eigenvalue weighted by Crippen LogP contribution is 2.45. The second-order valence-corrected chi connectivity index (χ2v) is 22.2. The van der Waals surface area contributed by atoms with E-state index in [1.54, 1.807) is 40.9 Å². The number of nitrogens with one attached hydrogen (secondary N) is 1. The molecule has 336 valence electrons. The number of rotatable bonds is 7. The number of fused-ring (bicyclic) bond motifs is 4. The number of hydrogen-bond donors (Lipinski definition) is 6. The maximum absolute atomic E-state index is 12.0. The summed E-state index contributed by atoms with van der Waals surface area (Å²) in [5, 5.41) is 29.0. The summed E-state index contributed by atoms with van der Waals surface area (Å²) in [5.41, 5.74) is 14.2. The highest BCUT2D eigenvalue weighted by Gasteiger charge is 2.33. The summed E-state index contributed by atoms with van der Waals surface area (Å²) >= 11 is 11.1. The molecule has 0 saturated heterocycles. The van der Waals surface area contributed by atoms with Gasteiger partial charge in [0.25, 0.3) is 0 Å². The van der Waals surface area contributed by atoms with Gasteiger partial charge in [-0.15, -0.1) is 35.3 Å². The predicted octanol–water partition coefficient (Wildman–Crippen LogP) is 12.8. The fourth-order valence-electron chi connectivity index (χ4n) is 7.69. The lowest BCUT2D eigenvalue weighted by atomic mass is 9.76. The van der Waals surface area contributed by atoms with Crippen LogP contribution >= 0.6 is 58.0 Å². The maximum atomic E-state index is 12.0. The van der Waals surface area contributed by atoms with Crippen LogP contribution < -0.4 is 11.1 Å². The Labute approximate surface area is 392 Å². The Morgan fingerprint density at radius 3 is 2.06 bits per heavy atom. The minimum absolute atomic E-state index is 0.243. The highest BCUT2D eigenvalue weighted by atomic mass is 32.1. The van der Waals surface area contributed by atoms with E-state index in [2.05, 4.69) is 93.7 Å². The second kappa shape index (κ2) is 22.2. The number of benzene rings is 3. The van der Waals surface area contributed by atoms with E-state index in [0.717, 1.165) is 102 Å². The smallest absolute Gasteiger partial charge is 0.337 e. The SMILES string of the molecule is CC(C)c1sc2c(c1C(=O)O)CC(C)(C)CC2.CC1(C)CCc2sc(-c3ccc(CNc4nc5ccc(S)cc5s4)cc3)c(C=O)c2C1.CCO.CO.Nc1nc2ccccc2s1. The average molecular weight is 945 g/mol. The van der Waals surface area contributed by atoms with Gasteiger partial charge in [-0.3, -0.25) is 4.79 Å². The number of anilines is 2. The molecule has 0 unspecified atom stereocenters. The van der Waals surface area contributed by atoms with E-state index in [1.807, 2.05) is 42.5 Å². The zero-order valence-electron chi connectivity index (χ0n) is 37.4. The van der Waals surface area contributed by atoms with Crippen molar-refractivity contribution in [3.63, 3.8) is 0 Å². The van der Waals surface area contributed by atoms with E-state index < -0.39 is 5.97 Å². The van der Waals surface area contributed by atoms with Crippen molar-refractivity contribution in [2.45, 2.75) is 104 Å². The summed E-state index contributed by atoms with van der Waals surface area (Å²) in [4.78, 5) is 38.0. The van der Waals surface area contributed by atoms with E-state index in [-0.39, 0.29) is 17.4 Å². The van der Waals surface area contributed by atoms with Crippen molar-refractivity contribution in [1.29, 1.82) is 0 Å². The maximum Gasteiger partial charge on any atom is 0.337 e. The molecule has 9 nitrogen and oxygen atoms in total. The van der Waals surface area contributed by atoms with E-state index in [0.29, 0.717) is 23.2 Å². The number of aldehydes is 1. The van der Waals surface area contributed by atoms with Gasteiger partial charge in [0.15, 0.2) is 16.5 Å². The Balaban J connectivity index is 0.000000195. The predicted molar refractivity (Wildman–Crippen MR) is 271 cm³/mol. The number of para-hydroxylation sites is 1. The normalized spacial score (nSPS) is 14.3. The van der Waals surface area contributed by atoms with E-state index in [1.165, 1.54) is 38.6 Å². The molecule has 0 spiro atoms. The summed E-state index contributed by atoms with van der Waals surface area (Å²) in [6.45, 7) is 15.9. The van der Waals surface area contributed by atoms with Crippen LogP contribution in [0.1, 0.15) is 119 Å². The number of carboxylic acids is 1. The number of thiophene rings is 2. The van der Waals surface area contributed by atoms with Gasteiger partial charge in [-0.1, -0.05) is 101 Å². The monoisotopic (exact) mass is 944 g/mol. The second-order valence-electron chi connectivity index (χ2n) is 17.3. The zero-order valence-corrected chi connectivity index (χ0v) is 41.5. The first-order valence-corrected chi connectivity index (χ1v) is 24.8. The number of thiol groups is 1. The van der Waals surface area contributed by atoms with Crippen LogP contribution in [0, 0.1) is 10.8 Å². The standard InChI is InChI=1S/C25H24N2OS3.C14H20O2S.C7H6N2S.C2H6O.CH4O/c1-25(2)10-9-21-18(12-25)19(14-28)23(30-21)16-5-3-15(4-6-16)13-26-24-27-20-8-7-17(29)11-22(20)31-24;1-8(2)12-11(13(15)16)9-7-14(3,4)6-5-10(9)17-12;8-7-9-5-3-1-2-4-6(5)10-7;1-2-3;1-2/h3-8,11,14,29H,9-10,12-13H2,1-2H3,(H,26,27);8H,5-7H2,1-4H3,(H,15,16);1-4H,(H2,8,9);3H,2H2,1H3;2H,1H3. The lowest BCUT2D eigenvalue weighted by Gasteiger charge is -2.29. The molecular formula is C49H60N4O5S5. The number of carboxylic acid groups (broad SMARTS) is 1. The van der Waals surface area contributed by atoms with Crippen LogP contribution in [0.3, 0.4) is 0 Å². The van der Waals surface area contributed by atoms with Gasteiger partial charge in [-0.05, 0) is 115 Å². The van der Waals surface area contributed by atoms with Crippen LogP contribution in [0.2, 0.25) is 0 Å². The highest BCUT2D eigenvalue weighted by molar-refractivity contribution is 7.80. The van der Waals surface area contributed by atoms with Gasteiger partial charge in [-0.2, -0.15) is 0 Å². The molecule has 4 heterocycles. The number of nitrogens with two attached hydrogens (primary N) is 1. The number of hydrogen-bond acceptors (Lipinski definition) is 13. The van der Waals surface area contributed by atoms with Gasteiger partial charge in [0.2, 0.25) is 0 Å². The lowest BCUT2D eigenvalue weighted by Crippen LogP contribution is -2.22. The number of carbonyl (C=O) groups is 2. The lowest BCUT2D eigenvalue weighted by molar-refractivity contribution is 0.0693. The summed E-state index contributed by atoms with van der Waals surface area (Å²) in [5.74, 6) is -0.441. The molecule has 6 N–H and O–H groups in total. The van der Waals surface area contributed by atoms with Crippen LogP contribution in [0.4, 0.5) is 10.3 Å². The number of carbonyl (C=O) groups excluding carboxylic acids is 1. The molecule has 3 aromatic carbocycles. The molecule has 2 aliphatic rings. The molecule has 2 aliphatic carbocycles.